The van der Waals surface area contributed by atoms with Crippen LogP contribution in [-0.4, -0.2) is 18.5 Å². The number of aryl methyl sites for hydroxylation is 1. The fourth-order valence-corrected chi connectivity index (χ4v) is 2.61. The Bertz CT molecular complexity index is 578. The zero-order valence-corrected chi connectivity index (χ0v) is 14.3. The van der Waals surface area contributed by atoms with Crippen LogP contribution in [0.15, 0.2) is 48.5 Å². The maximum Gasteiger partial charge on any atom is 0.0373 e. The number of hydrogen-bond acceptors (Lipinski definition) is 2. The van der Waals surface area contributed by atoms with E-state index in [0.717, 1.165) is 19.5 Å². The second-order valence-electron chi connectivity index (χ2n) is 6.08. The largest absolute Gasteiger partial charge is 0.385 e. The lowest BCUT2D eigenvalue weighted by molar-refractivity contribution is 0.253. The van der Waals surface area contributed by atoms with Crippen molar-refractivity contribution in [2.75, 3.05) is 18.9 Å². The minimum Gasteiger partial charge on any atom is -0.385 e. The van der Waals surface area contributed by atoms with E-state index in [1.165, 1.54) is 22.4 Å². The number of nitrogens with one attached hydrogen (secondary N) is 1. The molecule has 1 N–H and O–H groups in total. The Balaban J connectivity index is 2.09. The first-order valence-electron chi connectivity index (χ1n) is 8.20. The third kappa shape index (κ3) is 4.35. The normalized spacial score (nSPS) is 12.4. The van der Waals surface area contributed by atoms with Crippen molar-refractivity contribution in [1.82, 2.24) is 4.90 Å². The quantitative estimate of drug-likeness (QED) is 0.772. The molecule has 0 amide bonds. The molecule has 0 bridgehead atoms. The molecule has 22 heavy (non-hydrogen) atoms. The highest BCUT2D eigenvalue weighted by Gasteiger charge is 2.13. The number of benzene rings is 2. The van der Waals surface area contributed by atoms with E-state index in [9.17, 15) is 0 Å². The molecule has 0 aliphatic carbocycles. The molecule has 2 aromatic carbocycles. The van der Waals surface area contributed by atoms with Gasteiger partial charge in [-0.3, -0.25) is 4.90 Å². The van der Waals surface area contributed by atoms with Gasteiger partial charge in [-0.2, -0.15) is 0 Å². The molecule has 0 spiro atoms. The summed E-state index contributed by atoms with van der Waals surface area (Å²) in [5, 5.41) is 3.53. The molecule has 0 radical (unpaired) electrons. The van der Waals surface area contributed by atoms with Gasteiger partial charge in [0.1, 0.15) is 0 Å². The zero-order chi connectivity index (χ0) is 15.9. The fraction of sp³-hybridized carbons (Fsp3) is 0.400. The van der Waals surface area contributed by atoms with E-state index < -0.39 is 0 Å². The summed E-state index contributed by atoms with van der Waals surface area (Å²) in [7, 11) is 2.19. The van der Waals surface area contributed by atoms with Crippen molar-refractivity contribution in [3.05, 3.63) is 65.2 Å². The van der Waals surface area contributed by atoms with Crippen molar-refractivity contribution < 1.29 is 0 Å². The number of rotatable bonds is 7. The second kappa shape index (κ2) is 8.00. The van der Waals surface area contributed by atoms with Gasteiger partial charge in [-0.1, -0.05) is 49.4 Å². The van der Waals surface area contributed by atoms with Gasteiger partial charge in [-0.15, -0.1) is 0 Å². The molecule has 0 aliphatic heterocycles. The minimum atomic E-state index is 0.392. The molecule has 0 fully saturated rings. The molecule has 2 rings (SSSR count). The molecule has 2 aromatic rings. The lowest BCUT2D eigenvalue weighted by Crippen LogP contribution is -2.22. The van der Waals surface area contributed by atoms with E-state index >= 15 is 0 Å². The standard InChI is InChI=1S/C20H28N2/c1-5-13-21-20-14-19(12-11-16(20)2)17(3)22(4)15-18-9-7-6-8-10-18/h6-12,14,17,21H,5,13,15H2,1-4H3/t17-/m1/s1. The SMILES string of the molecule is CCCNc1cc([C@@H](C)N(C)Cc2ccccc2)ccc1C. The lowest BCUT2D eigenvalue weighted by Gasteiger charge is -2.26. The molecule has 0 heterocycles. The van der Waals surface area contributed by atoms with Crippen LogP contribution in [0.25, 0.3) is 0 Å². The van der Waals surface area contributed by atoms with Gasteiger partial charge in [0.05, 0.1) is 0 Å². The van der Waals surface area contributed by atoms with Crippen LogP contribution in [-0.2, 0) is 6.54 Å². The minimum absolute atomic E-state index is 0.392. The number of hydrogen-bond donors (Lipinski definition) is 1. The van der Waals surface area contributed by atoms with Crippen LogP contribution < -0.4 is 5.32 Å². The van der Waals surface area contributed by atoms with Gasteiger partial charge in [-0.25, -0.2) is 0 Å². The average Bonchev–Trinajstić information content (AvgIpc) is 2.54. The first kappa shape index (κ1) is 16.6. The Morgan fingerprint density at radius 3 is 2.50 bits per heavy atom. The van der Waals surface area contributed by atoms with Gasteiger partial charge < -0.3 is 5.32 Å². The van der Waals surface area contributed by atoms with Crippen molar-refractivity contribution in [1.29, 1.82) is 0 Å². The van der Waals surface area contributed by atoms with Gasteiger partial charge in [0.2, 0.25) is 0 Å². The fourth-order valence-electron chi connectivity index (χ4n) is 2.61. The average molecular weight is 296 g/mol. The summed E-state index contributed by atoms with van der Waals surface area (Å²) in [6, 6.07) is 17.8. The van der Waals surface area contributed by atoms with Crippen molar-refractivity contribution in [3.8, 4) is 0 Å². The highest BCUT2D eigenvalue weighted by molar-refractivity contribution is 5.53. The van der Waals surface area contributed by atoms with E-state index in [1.54, 1.807) is 0 Å². The zero-order valence-electron chi connectivity index (χ0n) is 14.3. The van der Waals surface area contributed by atoms with Crippen molar-refractivity contribution in [2.45, 2.75) is 39.8 Å². The molecule has 2 heteroatoms. The third-order valence-corrected chi connectivity index (χ3v) is 4.25. The Morgan fingerprint density at radius 2 is 1.82 bits per heavy atom. The third-order valence-electron chi connectivity index (χ3n) is 4.25. The van der Waals surface area contributed by atoms with Crippen LogP contribution in [0, 0.1) is 6.92 Å². The molecule has 1 atom stereocenters. The molecular formula is C20H28N2. The predicted molar refractivity (Wildman–Crippen MR) is 96.3 cm³/mol. The van der Waals surface area contributed by atoms with Gasteiger partial charge in [0, 0.05) is 24.8 Å². The molecule has 118 valence electrons. The second-order valence-corrected chi connectivity index (χ2v) is 6.08. The van der Waals surface area contributed by atoms with Crippen LogP contribution in [0.4, 0.5) is 5.69 Å². The molecule has 0 saturated heterocycles. The summed E-state index contributed by atoms with van der Waals surface area (Å²) in [4.78, 5) is 2.39. The Morgan fingerprint density at radius 1 is 1.09 bits per heavy atom. The smallest absolute Gasteiger partial charge is 0.0373 e. The molecular weight excluding hydrogens is 268 g/mol. The van der Waals surface area contributed by atoms with E-state index in [0.29, 0.717) is 6.04 Å². The van der Waals surface area contributed by atoms with Crippen LogP contribution in [0.2, 0.25) is 0 Å². The van der Waals surface area contributed by atoms with Gasteiger partial charge in [0.25, 0.3) is 0 Å². The van der Waals surface area contributed by atoms with Crippen molar-refractivity contribution in [3.63, 3.8) is 0 Å². The summed E-state index contributed by atoms with van der Waals surface area (Å²) in [5.74, 6) is 0. The summed E-state index contributed by atoms with van der Waals surface area (Å²) in [6.07, 6.45) is 1.15. The summed E-state index contributed by atoms with van der Waals surface area (Å²) in [5.41, 5.74) is 5.30. The first-order chi connectivity index (χ1) is 10.6. The Kier molecular flexibility index (Phi) is 6.02. The summed E-state index contributed by atoms with van der Waals surface area (Å²) in [6.45, 7) is 8.63. The van der Waals surface area contributed by atoms with E-state index in [4.69, 9.17) is 0 Å². The Labute approximate surface area is 135 Å². The first-order valence-corrected chi connectivity index (χ1v) is 8.20. The highest BCUT2D eigenvalue weighted by Crippen LogP contribution is 2.25. The monoisotopic (exact) mass is 296 g/mol. The van der Waals surface area contributed by atoms with E-state index in [1.807, 2.05) is 0 Å². The Hall–Kier alpha value is -1.80. The van der Waals surface area contributed by atoms with E-state index in [2.05, 4.69) is 86.6 Å². The van der Waals surface area contributed by atoms with E-state index in [-0.39, 0.29) is 0 Å². The molecule has 0 unspecified atom stereocenters. The van der Waals surface area contributed by atoms with Gasteiger partial charge >= 0.3 is 0 Å². The molecule has 2 nitrogen and oxygen atoms in total. The van der Waals surface area contributed by atoms with Crippen LogP contribution in [0.3, 0.4) is 0 Å². The highest BCUT2D eigenvalue weighted by atomic mass is 15.1. The van der Waals surface area contributed by atoms with Crippen LogP contribution in [0.5, 0.6) is 0 Å². The molecule has 0 aromatic heterocycles. The predicted octanol–water partition coefficient (Wildman–Crippen LogP) is 5.01. The topological polar surface area (TPSA) is 15.3 Å². The summed E-state index contributed by atoms with van der Waals surface area (Å²) >= 11 is 0. The number of anilines is 1. The van der Waals surface area contributed by atoms with Crippen molar-refractivity contribution in [2.24, 2.45) is 0 Å². The molecule has 0 aliphatic rings. The maximum atomic E-state index is 3.53. The molecule has 0 saturated carbocycles. The lowest BCUT2D eigenvalue weighted by atomic mass is 10.0. The van der Waals surface area contributed by atoms with Gasteiger partial charge in [-0.05, 0) is 50.1 Å². The van der Waals surface area contributed by atoms with Crippen LogP contribution in [0.1, 0.15) is 43.0 Å². The van der Waals surface area contributed by atoms with Crippen LogP contribution >= 0.6 is 0 Å². The van der Waals surface area contributed by atoms with Crippen molar-refractivity contribution >= 4 is 5.69 Å². The summed E-state index contributed by atoms with van der Waals surface area (Å²) < 4.78 is 0. The maximum absolute atomic E-state index is 3.53. The van der Waals surface area contributed by atoms with Gasteiger partial charge in [0.15, 0.2) is 0 Å². The number of nitrogens with zero attached hydrogens (tertiary/aromatic N) is 1.